The molecule has 3 atom stereocenters. The molecule has 15 heteroatoms. The van der Waals surface area contributed by atoms with E-state index in [1.165, 1.54) is 6.92 Å². The van der Waals surface area contributed by atoms with Crippen LogP contribution in [0.1, 0.15) is 32.6 Å². The Morgan fingerprint density at radius 3 is 2.33 bits per heavy atom. The Balaban J connectivity index is 2.30. The zero-order valence-electron chi connectivity index (χ0n) is 16.5. The maximum absolute atomic E-state index is 13.2. The summed E-state index contributed by atoms with van der Waals surface area (Å²) in [4.78, 5) is 11.7. The van der Waals surface area contributed by atoms with Gasteiger partial charge in [-0.2, -0.15) is 30.2 Å². The van der Waals surface area contributed by atoms with Crippen molar-refractivity contribution < 1.29 is 41.5 Å². The standard InChI is InChI=1S/C15H28BF3N4O6S/c1-10(13(20)4-5-13)23(9-15(17,18)19)30(28,29)22-7-11(3-2-6-16(26)27)14(21,8-22)12(24)25/h10-11,26-27H,2-9,20-21H2,1H3,(H,24,25)/t10?,11-,14-/m0/s1. The minimum absolute atomic E-state index is 0.0576. The number of hydrogen-bond acceptors (Lipinski definition) is 7. The largest absolute Gasteiger partial charge is 0.480 e. The molecule has 2 aliphatic rings. The fourth-order valence-corrected chi connectivity index (χ4v) is 5.76. The summed E-state index contributed by atoms with van der Waals surface area (Å²) in [6.07, 6.45) is -3.94. The third kappa shape index (κ3) is 5.44. The number of aliphatic carboxylic acids is 1. The lowest BCUT2D eigenvalue weighted by Gasteiger charge is -2.35. The van der Waals surface area contributed by atoms with Crippen molar-refractivity contribution in [1.82, 2.24) is 8.61 Å². The number of halogens is 3. The Kier molecular flexibility index (Phi) is 7.19. The van der Waals surface area contributed by atoms with Gasteiger partial charge in [0.25, 0.3) is 10.2 Å². The summed E-state index contributed by atoms with van der Waals surface area (Å²) in [5.74, 6) is -2.40. The van der Waals surface area contributed by atoms with Crippen molar-refractivity contribution >= 4 is 23.3 Å². The van der Waals surface area contributed by atoms with Crippen molar-refractivity contribution in [1.29, 1.82) is 0 Å². The monoisotopic (exact) mass is 460 g/mol. The maximum Gasteiger partial charge on any atom is 0.451 e. The van der Waals surface area contributed by atoms with Gasteiger partial charge in [0.05, 0.1) is 0 Å². The summed E-state index contributed by atoms with van der Waals surface area (Å²) in [5, 5.41) is 27.4. The molecule has 0 aromatic rings. The Bertz CT molecular complexity index is 751. The van der Waals surface area contributed by atoms with Crippen molar-refractivity contribution in [2.24, 2.45) is 17.4 Å². The molecule has 1 saturated heterocycles. The van der Waals surface area contributed by atoms with Crippen LogP contribution >= 0.6 is 0 Å². The lowest BCUT2D eigenvalue weighted by atomic mass is 9.78. The molecule has 30 heavy (non-hydrogen) atoms. The number of carboxylic acids is 1. The Hall–Kier alpha value is -0.965. The molecule has 1 unspecified atom stereocenters. The number of carbonyl (C=O) groups is 1. The second kappa shape index (κ2) is 8.52. The maximum atomic E-state index is 13.2. The second-order valence-corrected chi connectivity index (χ2v) is 10.2. The number of rotatable bonds is 10. The summed E-state index contributed by atoms with van der Waals surface area (Å²) < 4.78 is 66.7. The van der Waals surface area contributed by atoms with E-state index in [4.69, 9.17) is 21.5 Å². The third-order valence-corrected chi connectivity index (χ3v) is 8.02. The Morgan fingerprint density at radius 1 is 1.33 bits per heavy atom. The van der Waals surface area contributed by atoms with Crippen molar-refractivity contribution in [2.75, 3.05) is 19.6 Å². The van der Waals surface area contributed by atoms with E-state index < -0.39 is 72.1 Å². The Labute approximate surface area is 173 Å². The van der Waals surface area contributed by atoms with E-state index in [-0.39, 0.29) is 23.5 Å². The highest BCUT2D eigenvalue weighted by Gasteiger charge is 2.57. The van der Waals surface area contributed by atoms with Gasteiger partial charge in [-0.25, -0.2) is 0 Å². The van der Waals surface area contributed by atoms with E-state index in [9.17, 15) is 31.5 Å². The van der Waals surface area contributed by atoms with Gasteiger partial charge < -0.3 is 26.6 Å². The normalized spacial score (nSPS) is 28.0. The average molecular weight is 460 g/mol. The molecule has 0 amide bonds. The summed E-state index contributed by atoms with van der Waals surface area (Å²) in [5.41, 5.74) is 8.84. The van der Waals surface area contributed by atoms with Gasteiger partial charge in [0.1, 0.15) is 12.1 Å². The first kappa shape index (κ1) is 25.3. The molecule has 0 radical (unpaired) electrons. The molecular formula is C15H28BF3N4O6S. The molecule has 0 aromatic carbocycles. The van der Waals surface area contributed by atoms with E-state index >= 15 is 0 Å². The van der Waals surface area contributed by atoms with Crippen LogP contribution in [0.4, 0.5) is 13.2 Å². The molecule has 0 spiro atoms. The molecular weight excluding hydrogens is 432 g/mol. The van der Waals surface area contributed by atoms with Gasteiger partial charge in [0.15, 0.2) is 0 Å². The highest BCUT2D eigenvalue weighted by molar-refractivity contribution is 7.86. The lowest BCUT2D eigenvalue weighted by Crippen LogP contribution is -2.58. The molecule has 0 aromatic heterocycles. The molecule has 1 aliphatic carbocycles. The van der Waals surface area contributed by atoms with Gasteiger partial charge in [-0.3, -0.25) is 4.79 Å². The number of carboxylic acid groups (broad SMARTS) is 1. The van der Waals surface area contributed by atoms with E-state index in [2.05, 4.69) is 0 Å². The molecule has 0 bridgehead atoms. The van der Waals surface area contributed by atoms with Crippen LogP contribution in [-0.2, 0) is 15.0 Å². The van der Waals surface area contributed by atoms with Crippen LogP contribution in [0.3, 0.4) is 0 Å². The molecule has 2 fully saturated rings. The smallest absolute Gasteiger partial charge is 0.451 e. The van der Waals surface area contributed by atoms with Crippen LogP contribution in [-0.4, -0.2) is 88.2 Å². The average Bonchev–Trinajstić information content (AvgIpc) is 3.24. The van der Waals surface area contributed by atoms with Crippen molar-refractivity contribution in [3.05, 3.63) is 0 Å². The number of hydrogen-bond donors (Lipinski definition) is 5. The predicted molar refractivity (Wildman–Crippen MR) is 101 cm³/mol. The van der Waals surface area contributed by atoms with E-state index in [1.54, 1.807) is 0 Å². The van der Waals surface area contributed by atoms with E-state index in [0.29, 0.717) is 17.1 Å². The van der Waals surface area contributed by atoms with Crippen LogP contribution < -0.4 is 11.5 Å². The zero-order chi connectivity index (χ0) is 23.1. The summed E-state index contributed by atoms with van der Waals surface area (Å²) >= 11 is 0. The first-order valence-corrected chi connectivity index (χ1v) is 10.9. The fraction of sp³-hybridized carbons (Fsp3) is 0.933. The third-order valence-electron chi connectivity index (χ3n) is 6.05. The first-order chi connectivity index (χ1) is 13.5. The van der Waals surface area contributed by atoms with Crippen molar-refractivity contribution in [3.63, 3.8) is 0 Å². The number of nitrogens with two attached hydrogens (primary N) is 2. The summed E-state index contributed by atoms with van der Waals surface area (Å²) in [6, 6.07) is -1.15. The summed E-state index contributed by atoms with van der Waals surface area (Å²) in [7, 11) is -6.35. The molecule has 7 N–H and O–H groups in total. The Morgan fingerprint density at radius 2 is 1.90 bits per heavy atom. The van der Waals surface area contributed by atoms with Crippen LogP contribution in [0.2, 0.25) is 6.32 Å². The lowest BCUT2D eigenvalue weighted by molar-refractivity contribution is -0.144. The first-order valence-electron chi connectivity index (χ1n) is 9.54. The predicted octanol–water partition coefficient (Wildman–Crippen LogP) is -1.06. The molecule has 1 saturated carbocycles. The quantitative estimate of drug-likeness (QED) is 0.257. The van der Waals surface area contributed by atoms with Gasteiger partial charge in [0.2, 0.25) is 0 Å². The molecule has 1 heterocycles. The van der Waals surface area contributed by atoms with Gasteiger partial charge >= 0.3 is 19.3 Å². The van der Waals surface area contributed by atoms with Crippen LogP contribution in [0.5, 0.6) is 0 Å². The topological polar surface area (TPSA) is 170 Å². The van der Waals surface area contributed by atoms with Crippen LogP contribution in [0.25, 0.3) is 0 Å². The second-order valence-electron chi connectivity index (χ2n) is 8.32. The fourth-order valence-electron chi connectivity index (χ4n) is 3.80. The van der Waals surface area contributed by atoms with E-state index in [0.717, 1.165) is 0 Å². The highest BCUT2D eigenvalue weighted by Crippen LogP contribution is 2.41. The van der Waals surface area contributed by atoms with Crippen LogP contribution in [0.15, 0.2) is 0 Å². The molecule has 174 valence electrons. The van der Waals surface area contributed by atoms with Gasteiger partial charge in [0, 0.05) is 30.6 Å². The number of alkyl halides is 3. The van der Waals surface area contributed by atoms with Crippen molar-refractivity contribution in [2.45, 2.75) is 62.2 Å². The van der Waals surface area contributed by atoms with E-state index in [1.807, 2.05) is 0 Å². The SMILES string of the molecule is CC(N(CC(F)(F)F)S(=O)(=O)N1C[C@H](CCCB(O)O)[C@](N)(C(=O)O)C1)C1(N)CC1. The number of nitrogens with zero attached hydrogens (tertiary/aromatic N) is 2. The molecule has 2 rings (SSSR count). The molecule has 10 nitrogen and oxygen atoms in total. The minimum Gasteiger partial charge on any atom is -0.480 e. The highest BCUT2D eigenvalue weighted by atomic mass is 32.2. The van der Waals surface area contributed by atoms with Crippen LogP contribution in [0, 0.1) is 5.92 Å². The zero-order valence-corrected chi connectivity index (χ0v) is 17.4. The van der Waals surface area contributed by atoms with Gasteiger partial charge in [-0.15, -0.1) is 0 Å². The summed E-state index contributed by atoms with van der Waals surface area (Å²) in [6.45, 7) is -1.54. The minimum atomic E-state index is -4.82. The van der Waals surface area contributed by atoms with Gasteiger partial charge in [-0.05, 0) is 32.5 Å². The van der Waals surface area contributed by atoms with Gasteiger partial charge in [-0.1, -0.05) is 6.42 Å². The molecule has 1 aliphatic heterocycles. The van der Waals surface area contributed by atoms with Crippen molar-refractivity contribution in [3.8, 4) is 0 Å².